The van der Waals surface area contributed by atoms with Gasteiger partial charge in [0.1, 0.15) is 16.5 Å². The zero-order valence-electron chi connectivity index (χ0n) is 20.4. The number of thiazole rings is 1. The minimum absolute atomic E-state index is 0.199. The lowest BCUT2D eigenvalue weighted by Gasteiger charge is -2.17. The van der Waals surface area contributed by atoms with Gasteiger partial charge in [0.15, 0.2) is 5.13 Å². The van der Waals surface area contributed by atoms with Crippen molar-refractivity contribution in [1.29, 1.82) is 0 Å². The number of anilines is 1. The van der Waals surface area contributed by atoms with Gasteiger partial charge in [0.2, 0.25) is 5.88 Å². The zero-order chi connectivity index (χ0) is 27.0. The molecule has 13 heteroatoms. The molecule has 0 fully saturated rings. The number of ether oxygens (including phenoxy) is 2. The van der Waals surface area contributed by atoms with Crippen LogP contribution in [0.4, 0.5) is 5.13 Å². The molecular formula is C25H20Cl2N6O4S. The summed E-state index contributed by atoms with van der Waals surface area (Å²) in [5.41, 5.74) is 3.23. The van der Waals surface area contributed by atoms with Gasteiger partial charge in [-0.1, -0.05) is 34.5 Å². The molecule has 38 heavy (non-hydrogen) atoms. The Morgan fingerprint density at radius 1 is 0.974 bits per heavy atom. The monoisotopic (exact) mass is 570 g/mol. The molecule has 0 spiro atoms. The van der Waals surface area contributed by atoms with Crippen LogP contribution in [-0.2, 0) is 13.1 Å². The molecule has 5 heterocycles. The molecule has 0 atom stereocenters. The number of pyridine rings is 3. The van der Waals surface area contributed by atoms with Gasteiger partial charge in [0.25, 0.3) is 11.8 Å². The van der Waals surface area contributed by atoms with E-state index in [1.807, 2.05) is 6.92 Å². The fraction of sp³-hybridized carbons (Fsp3) is 0.200. The molecule has 1 aliphatic rings. The Hall–Kier alpha value is -3.80. The number of hydrogen-bond acceptors (Lipinski definition) is 9. The van der Waals surface area contributed by atoms with E-state index in [1.165, 1.54) is 50.2 Å². The molecule has 0 radical (unpaired) electrons. The zero-order valence-corrected chi connectivity index (χ0v) is 22.7. The highest BCUT2D eigenvalue weighted by Crippen LogP contribution is 2.36. The second kappa shape index (κ2) is 10.5. The number of methoxy groups -OCH3 is 2. The Bertz CT molecular complexity index is 1550. The van der Waals surface area contributed by atoms with Crippen molar-refractivity contribution in [3.05, 3.63) is 74.4 Å². The molecule has 4 aromatic rings. The summed E-state index contributed by atoms with van der Waals surface area (Å²) in [5, 5.41) is 3.88. The van der Waals surface area contributed by atoms with Crippen molar-refractivity contribution in [3.63, 3.8) is 0 Å². The summed E-state index contributed by atoms with van der Waals surface area (Å²) in [6, 6.07) is 4.95. The van der Waals surface area contributed by atoms with Crippen molar-refractivity contribution in [2.45, 2.75) is 20.0 Å². The first kappa shape index (κ1) is 25.8. The molecule has 10 nitrogen and oxygen atoms in total. The third kappa shape index (κ3) is 5.00. The van der Waals surface area contributed by atoms with Crippen LogP contribution in [0.15, 0.2) is 36.8 Å². The number of carbonyl (C=O) groups excluding carboxylic acids is 2. The molecule has 0 unspecified atom stereocenters. The summed E-state index contributed by atoms with van der Waals surface area (Å²) < 4.78 is 10.6. The smallest absolute Gasteiger partial charge is 0.260 e. The van der Waals surface area contributed by atoms with E-state index in [-0.39, 0.29) is 29.0 Å². The highest BCUT2D eigenvalue weighted by molar-refractivity contribution is 7.16. The number of hydrogen-bond donors (Lipinski definition) is 1. The number of aromatic nitrogens is 4. The summed E-state index contributed by atoms with van der Waals surface area (Å²) >= 11 is 13.5. The van der Waals surface area contributed by atoms with Crippen molar-refractivity contribution in [3.8, 4) is 22.8 Å². The molecule has 5 rings (SSSR count). The van der Waals surface area contributed by atoms with Crippen LogP contribution in [0.5, 0.6) is 11.6 Å². The fourth-order valence-corrected chi connectivity index (χ4v) is 5.37. The first-order valence-electron chi connectivity index (χ1n) is 11.2. The second-order valence-corrected chi connectivity index (χ2v) is 10.2. The van der Waals surface area contributed by atoms with Crippen LogP contribution in [-0.4, -0.2) is 50.9 Å². The maximum Gasteiger partial charge on any atom is 0.260 e. The van der Waals surface area contributed by atoms with Crippen LogP contribution < -0.4 is 14.8 Å². The lowest BCUT2D eigenvalue weighted by molar-refractivity contribution is 0.0746. The molecule has 2 amide bonds. The minimum atomic E-state index is -0.391. The molecule has 194 valence electrons. The number of amides is 2. The summed E-state index contributed by atoms with van der Waals surface area (Å²) in [7, 11) is 2.96. The molecule has 1 N–H and O–H groups in total. The molecule has 0 bridgehead atoms. The molecule has 0 saturated carbocycles. The third-order valence-corrected chi connectivity index (χ3v) is 7.24. The van der Waals surface area contributed by atoms with E-state index in [1.54, 1.807) is 17.0 Å². The Kier molecular flexibility index (Phi) is 7.15. The highest BCUT2D eigenvalue weighted by Gasteiger charge is 2.30. The molecule has 0 aromatic carbocycles. The van der Waals surface area contributed by atoms with E-state index in [0.717, 1.165) is 10.6 Å². The van der Waals surface area contributed by atoms with Crippen molar-refractivity contribution in [2.75, 3.05) is 19.5 Å². The Morgan fingerprint density at radius 3 is 2.53 bits per heavy atom. The number of aryl methyl sites for hydroxylation is 1. The molecule has 0 saturated heterocycles. The normalized spacial score (nSPS) is 12.3. The number of rotatable bonds is 6. The first-order valence-corrected chi connectivity index (χ1v) is 12.8. The predicted molar refractivity (Wildman–Crippen MR) is 143 cm³/mol. The number of fused-ring (bicyclic) bond motifs is 1. The summed E-state index contributed by atoms with van der Waals surface area (Å²) in [6.45, 7) is 2.44. The molecule has 1 aliphatic heterocycles. The topological polar surface area (TPSA) is 119 Å². The van der Waals surface area contributed by atoms with Gasteiger partial charge in [-0.15, -0.1) is 0 Å². The number of nitrogens with zero attached hydrogens (tertiary/aromatic N) is 5. The maximum absolute atomic E-state index is 13.3. The summed E-state index contributed by atoms with van der Waals surface area (Å²) in [4.78, 5) is 45.9. The van der Waals surface area contributed by atoms with Crippen LogP contribution in [0.3, 0.4) is 0 Å². The SMILES string of the molecule is COc1cnc(Cl)cc1-c1cc(C)ncc1C(=O)Nc1nc2c(s1)CN(C(=O)c1cc(Cl)cnc1OC)C2. The van der Waals surface area contributed by atoms with Crippen molar-refractivity contribution in [2.24, 2.45) is 0 Å². The van der Waals surface area contributed by atoms with Crippen LogP contribution in [0.25, 0.3) is 11.1 Å². The van der Waals surface area contributed by atoms with Gasteiger partial charge in [0, 0.05) is 29.2 Å². The maximum atomic E-state index is 13.3. The average molecular weight is 571 g/mol. The van der Waals surface area contributed by atoms with Gasteiger partial charge in [0.05, 0.1) is 54.7 Å². The average Bonchev–Trinajstić information content (AvgIpc) is 3.47. The van der Waals surface area contributed by atoms with E-state index in [4.69, 9.17) is 32.7 Å². The minimum Gasteiger partial charge on any atom is -0.494 e. The van der Waals surface area contributed by atoms with E-state index in [9.17, 15) is 9.59 Å². The first-order chi connectivity index (χ1) is 18.3. The Balaban J connectivity index is 1.36. The van der Waals surface area contributed by atoms with Gasteiger partial charge < -0.3 is 14.4 Å². The Labute approximate surface area is 231 Å². The second-order valence-electron chi connectivity index (χ2n) is 8.29. The van der Waals surface area contributed by atoms with Crippen molar-refractivity contribution >= 4 is 51.5 Å². The van der Waals surface area contributed by atoms with Crippen LogP contribution >= 0.6 is 34.5 Å². The van der Waals surface area contributed by atoms with Gasteiger partial charge >= 0.3 is 0 Å². The van der Waals surface area contributed by atoms with Crippen molar-refractivity contribution < 1.29 is 19.1 Å². The van der Waals surface area contributed by atoms with Crippen LogP contribution in [0.1, 0.15) is 37.0 Å². The molecular weight excluding hydrogens is 551 g/mol. The van der Waals surface area contributed by atoms with E-state index < -0.39 is 5.91 Å². The number of halogens is 2. The van der Waals surface area contributed by atoms with Gasteiger partial charge in [-0.25, -0.2) is 15.0 Å². The molecule has 4 aromatic heterocycles. The lowest BCUT2D eigenvalue weighted by Crippen LogP contribution is -2.26. The number of carbonyl (C=O) groups is 2. The summed E-state index contributed by atoms with van der Waals surface area (Å²) in [6.07, 6.45) is 4.42. The summed E-state index contributed by atoms with van der Waals surface area (Å²) in [5.74, 6) is 0.00862. The predicted octanol–water partition coefficient (Wildman–Crippen LogP) is 5.04. The lowest BCUT2D eigenvalue weighted by atomic mass is 10.0. The largest absolute Gasteiger partial charge is 0.494 e. The van der Waals surface area contributed by atoms with Gasteiger partial charge in [-0.3, -0.25) is 19.9 Å². The van der Waals surface area contributed by atoms with Crippen molar-refractivity contribution in [1.82, 2.24) is 24.8 Å². The highest BCUT2D eigenvalue weighted by atomic mass is 35.5. The van der Waals surface area contributed by atoms with Gasteiger partial charge in [-0.2, -0.15) is 0 Å². The fourth-order valence-electron chi connectivity index (χ4n) is 4.07. The van der Waals surface area contributed by atoms with Gasteiger partial charge in [-0.05, 0) is 25.1 Å². The molecule has 0 aliphatic carbocycles. The van der Waals surface area contributed by atoms with E-state index >= 15 is 0 Å². The third-order valence-electron chi connectivity index (χ3n) is 5.83. The van der Waals surface area contributed by atoms with Crippen LogP contribution in [0.2, 0.25) is 10.2 Å². The number of nitrogens with one attached hydrogen (secondary N) is 1. The Morgan fingerprint density at radius 2 is 1.79 bits per heavy atom. The van der Waals surface area contributed by atoms with Crippen LogP contribution in [0, 0.1) is 6.92 Å². The standard InChI is InChI=1S/C25H20Cl2N6O4S/c1-12-4-14(15-6-21(27)29-9-19(15)36-2)17(8-28-12)22(34)32-25-31-18-10-33(11-20(18)38-25)24(35)16-5-13(26)7-30-23(16)37-3/h4-9H,10-11H2,1-3H3,(H,31,32,34). The van der Waals surface area contributed by atoms with E-state index in [2.05, 4.69) is 25.3 Å². The quantitative estimate of drug-likeness (QED) is 0.320. The van der Waals surface area contributed by atoms with E-state index in [0.29, 0.717) is 44.8 Å².